The van der Waals surface area contributed by atoms with Crippen molar-refractivity contribution in [3.8, 4) is 0 Å². The molecule has 1 unspecified atom stereocenters. The molecule has 0 saturated heterocycles. The molecule has 7 heteroatoms. The summed E-state index contributed by atoms with van der Waals surface area (Å²) in [6, 6.07) is 3.56. The maximum absolute atomic E-state index is 9.86. The number of nitrogens with zero attached hydrogens (tertiary/aromatic N) is 1. The van der Waals surface area contributed by atoms with Crippen LogP contribution in [0.4, 0.5) is 0 Å². The molecular formula is C12H21ClIN3OS. The summed E-state index contributed by atoms with van der Waals surface area (Å²) in [6.45, 7) is 5.35. The lowest BCUT2D eigenvalue weighted by Crippen LogP contribution is -2.33. The molecule has 4 N–H and O–H groups in total. The Morgan fingerprint density at radius 1 is 1.53 bits per heavy atom. The molecule has 0 aromatic carbocycles. The smallest absolute Gasteiger partial charge is 0.188 e. The molecule has 0 bridgehead atoms. The summed E-state index contributed by atoms with van der Waals surface area (Å²) in [4.78, 5) is 4.91. The van der Waals surface area contributed by atoms with Crippen LogP contribution in [0, 0.1) is 5.92 Å². The highest BCUT2D eigenvalue weighted by atomic mass is 127. The second kappa shape index (κ2) is 9.79. The number of halogens is 2. The Morgan fingerprint density at radius 3 is 2.74 bits per heavy atom. The first-order chi connectivity index (χ1) is 8.49. The number of hydrogen-bond donors (Lipinski definition) is 3. The van der Waals surface area contributed by atoms with Crippen molar-refractivity contribution in [2.75, 3.05) is 13.1 Å². The minimum atomic E-state index is -0.645. The van der Waals surface area contributed by atoms with Crippen molar-refractivity contribution < 1.29 is 5.11 Å². The Kier molecular flexibility index (Phi) is 9.77. The summed E-state index contributed by atoms with van der Waals surface area (Å²) in [5, 5.41) is 12.9. The molecule has 1 atom stereocenters. The highest BCUT2D eigenvalue weighted by molar-refractivity contribution is 14.0. The fourth-order valence-corrected chi connectivity index (χ4v) is 2.37. The van der Waals surface area contributed by atoms with Gasteiger partial charge in [0, 0.05) is 11.4 Å². The minimum Gasteiger partial charge on any atom is -0.386 e. The summed E-state index contributed by atoms with van der Waals surface area (Å²) in [7, 11) is 0. The summed E-state index contributed by atoms with van der Waals surface area (Å²) < 4.78 is 0.663. The summed E-state index contributed by atoms with van der Waals surface area (Å²) in [6.07, 6.45) is 0.396. The van der Waals surface area contributed by atoms with Crippen LogP contribution in [0.15, 0.2) is 17.1 Å². The summed E-state index contributed by atoms with van der Waals surface area (Å²) in [5.41, 5.74) is 5.70. The van der Waals surface area contributed by atoms with E-state index in [4.69, 9.17) is 17.3 Å². The zero-order chi connectivity index (χ0) is 13.5. The Balaban J connectivity index is 0.00000324. The first-order valence-corrected chi connectivity index (χ1v) is 7.15. The van der Waals surface area contributed by atoms with Gasteiger partial charge in [-0.15, -0.1) is 35.3 Å². The fraction of sp³-hybridized carbons (Fsp3) is 0.583. The van der Waals surface area contributed by atoms with Crippen molar-refractivity contribution in [2.45, 2.75) is 26.4 Å². The minimum absolute atomic E-state index is 0. The van der Waals surface area contributed by atoms with E-state index in [2.05, 4.69) is 24.2 Å². The number of aliphatic hydroxyl groups is 1. The third-order valence-corrected chi connectivity index (χ3v) is 3.72. The van der Waals surface area contributed by atoms with Crippen LogP contribution >= 0.6 is 46.9 Å². The number of nitrogens with one attached hydrogen (secondary N) is 1. The maximum Gasteiger partial charge on any atom is 0.188 e. The molecule has 1 aromatic heterocycles. The van der Waals surface area contributed by atoms with Crippen molar-refractivity contribution in [1.29, 1.82) is 0 Å². The first-order valence-electron chi connectivity index (χ1n) is 5.96. The average Bonchev–Trinajstić information content (AvgIpc) is 2.72. The lowest BCUT2D eigenvalue weighted by atomic mass is 10.1. The molecule has 0 aliphatic carbocycles. The van der Waals surface area contributed by atoms with Gasteiger partial charge in [-0.2, -0.15) is 0 Å². The number of rotatable bonds is 6. The quantitative estimate of drug-likeness (QED) is 0.378. The molecule has 1 heterocycles. The lowest BCUT2D eigenvalue weighted by Gasteiger charge is -2.09. The number of thiophene rings is 1. The van der Waals surface area contributed by atoms with Gasteiger partial charge in [-0.3, -0.25) is 4.99 Å². The molecule has 0 radical (unpaired) electrons. The van der Waals surface area contributed by atoms with E-state index in [0.717, 1.165) is 17.8 Å². The van der Waals surface area contributed by atoms with E-state index in [1.54, 1.807) is 12.1 Å². The average molecular weight is 418 g/mol. The number of aliphatic imine (C=N–C) groups is 1. The summed E-state index contributed by atoms with van der Waals surface area (Å²) >= 11 is 7.15. The molecule has 0 saturated carbocycles. The van der Waals surface area contributed by atoms with E-state index in [0.29, 0.717) is 16.2 Å². The Labute approximate surface area is 140 Å². The van der Waals surface area contributed by atoms with Crippen molar-refractivity contribution >= 4 is 52.9 Å². The van der Waals surface area contributed by atoms with Crippen molar-refractivity contribution in [3.63, 3.8) is 0 Å². The van der Waals surface area contributed by atoms with E-state index in [9.17, 15) is 5.11 Å². The van der Waals surface area contributed by atoms with Crippen LogP contribution < -0.4 is 11.1 Å². The van der Waals surface area contributed by atoms with Crippen LogP contribution in [0.25, 0.3) is 0 Å². The second-order valence-electron chi connectivity index (χ2n) is 4.49. The van der Waals surface area contributed by atoms with Crippen LogP contribution in [0.5, 0.6) is 0 Å². The van der Waals surface area contributed by atoms with Crippen molar-refractivity contribution in [3.05, 3.63) is 21.3 Å². The van der Waals surface area contributed by atoms with Crippen LogP contribution in [-0.2, 0) is 0 Å². The van der Waals surface area contributed by atoms with Crippen LogP contribution in [0.3, 0.4) is 0 Å². The molecule has 1 aromatic rings. The zero-order valence-corrected chi connectivity index (χ0v) is 15.0. The number of nitrogens with two attached hydrogens (primary N) is 1. The molecule has 0 amide bonds. The standard InChI is InChI=1S/C12H20ClN3OS.HI/c1-8(2)5-6-15-12(14)16-7-9(17)10-3-4-11(13)18-10;/h3-4,8-9,17H,5-7H2,1-2H3,(H3,14,15,16);1H. The highest BCUT2D eigenvalue weighted by Crippen LogP contribution is 2.26. The Hall–Kier alpha value is -0.0500. The van der Waals surface area contributed by atoms with Crippen molar-refractivity contribution in [2.24, 2.45) is 16.6 Å². The Morgan fingerprint density at radius 2 is 2.21 bits per heavy atom. The fourth-order valence-electron chi connectivity index (χ4n) is 1.33. The van der Waals surface area contributed by atoms with Gasteiger partial charge in [0.2, 0.25) is 0 Å². The highest BCUT2D eigenvalue weighted by Gasteiger charge is 2.09. The van der Waals surface area contributed by atoms with Gasteiger partial charge in [-0.25, -0.2) is 0 Å². The molecule has 1 rings (SSSR count). The topological polar surface area (TPSA) is 70.6 Å². The molecule has 0 spiro atoms. The van der Waals surface area contributed by atoms with Crippen LogP contribution in [0.2, 0.25) is 4.34 Å². The molecule has 110 valence electrons. The van der Waals surface area contributed by atoms with E-state index in [1.165, 1.54) is 11.3 Å². The van der Waals surface area contributed by atoms with E-state index in [1.807, 2.05) is 0 Å². The SMILES string of the molecule is CC(C)CCNC(N)=NCC(O)c1ccc(Cl)s1.I. The van der Waals surface area contributed by atoms with Gasteiger partial charge < -0.3 is 16.2 Å². The number of aliphatic hydroxyl groups excluding tert-OH is 1. The van der Waals surface area contributed by atoms with E-state index < -0.39 is 6.10 Å². The number of hydrogen-bond acceptors (Lipinski definition) is 3. The maximum atomic E-state index is 9.86. The van der Waals surface area contributed by atoms with Crippen LogP contribution in [0.1, 0.15) is 31.2 Å². The van der Waals surface area contributed by atoms with Gasteiger partial charge in [0.15, 0.2) is 5.96 Å². The zero-order valence-electron chi connectivity index (χ0n) is 11.1. The molecule has 19 heavy (non-hydrogen) atoms. The molecular weight excluding hydrogens is 397 g/mol. The molecule has 0 aliphatic heterocycles. The predicted octanol–water partition coefficient (Wildman–Crippen LogP) is 3.00. The van der Waals surface area contributed by atoms with Crippen molar-refractivity contribution in [1.82, 2.24) is 5.32 Å². The van der Waals surface area contributed by atoms with E-state index >= 15 is 0 Å². The van der Waals surface area contributed by atoms with Gasteiger partial charge >= 0.3 is 0 Å². The molecule has 0 aliphatic rings. The molecule has 4 nitrogen and oxygen atoms in total. The van der Waals surface area contributed by atoms with Gasteiger partial charge in [-0.1, -0.05) is 25.4 Å². The monoisotopic (exact) mass is 417 g/mol. The van der Waals surface area contributed by atoms with Gasteiger partial charge in [0.1, 0.15) is 6.10 Å². The largest absolute Gasteiger partial charge is 0.386 e. The van der Waals surface area contributed by atoms with Gasteiger partial charge in [0.25, 0.3) is 0 Å². The summed E-state index contributed by atoms with van der Waals surface area (Å²) in [5.74, 6) is 1.00. The third-order valence-electron chi connectivity index (χ3n) is 2.38. The van der Waals surface area contributed by atoms with Gasteiger partial charge in [0.05, 0.1) is 10.9 Å². The van der Waals surface area contributed by atoms with E-state index in [-0.39, 0.29) is 30.5 Å². The third kappa shape index (κ3) is 7.96. The first kappa shape index (κ1) is 18.9. The normalized spacial score (nSPS) is 13.2. The lowest BCUT2D eigenvalue weighted by molar-refractivity contribution is 0.191. The van der Waals surface area contributed by atoms with Crippen LogP contribution in [-0.4, -0.2) is 24.2 Å². The number of guanidine groups is 1. The van der Waals surface area contributed by atoms with Gasteiger partial charge in [-0.05, 0) is 24.5 Å². The Bertz CT molecular complexity index is 398. The predicted molar refractivity (Wildman–Crippen MR) is 93.7 cm³/mol. The second-order valence-corrected chi connectivity index (χ2v) is 6.24. The molecule has 0 fully saturated rings.